The highest BCUT2D eigenvalue weighted by Crippen LogP contribution is 2.29. The summed E-state index contributed by atoms with van der Waals surface area (Å²) in [4.78, 5) is 17.6. The molecule has 2 aliphatic rings. The third-order valence-corrected chi connectivity index (χ3v) is 5.70. The van der Waals surface area contributed by atoms with Crippen LogP contribution in [0.15, 0.2) is 30.3 Å². The molecule has 0 aliphatic carbocycles. The van der Waals surface area contributed by atoms with E-state index in [1.807, 2.05) is 0 Å². The van der Waals surface area contributed by atoms with Crippen LogP contribution in [0.1, 0.15) is 32.3 Å². The average Bonchev–Trinajstić information content (AvgIpc) is 3.24. The molecule has 1 aromatic carbocycles. The molecular formula is C20H30N2O2. The Morgan fingerprint density at radius 2 is 2.04 bits per heavy atom. The molecule has 1 amide bonds. The minimum atomic E-state index is 0.0615. The number of carbonyl (C=O) groups excluding carboxylic acids is 1. The van der Waals surface area contributed by atoms with Crippen LogP contribution in [0.4, 0.5) is 0 Å². The van der Waals surface area contributed by atoms with Gasteiger partial charge in [0.2, 0.25) is 5.91 Å². The van der Waals surface area contributed by atoms with Gasteiger partial charge in [-0.25, -0.2) is 0 Å². The van der Waals surface area contributed by atoms with E-state index in [0.29, 0.717) is 24.6 Å². The topological polar surface area (TPSA) is 32.8 Å². The summed E-state index contributed by atoms with van der Waals surface area (Å²) >= 11 is 0. The summed E-state index contributed by atoms with van der Waals surface area (Å²) in [6.45, 7) is 6.65. The maximum absolute atomic E-state index is 13.0. The predicted octanol–water partition coefficient (Wildman–Crippen LogP) is 2.58. The van der Waals surface area contributed by atoms with Gasteiger partial charge in [-0.15, -0.1) is 0 Å². The number of likely N-dealkylation sites (N-methyl/N-ethyl adjacent to an activating group) is 1. The molecule has 4 heteroatoms. The quantitative estimate of drug-likeness (QED) is 0.832. The van der Waals surface area contributed by atoms with E-state index in [4.69, 9.17) is 4.74 Å². The fourth-order valence-corrected chi connectivity index (χ4v) is 4.03. The van der Waals surface area contributed by atoms with Crippen molar-refractivity contribution in [1.82, 2.24) is 9.80 Å². The molecule has 1 aromatic rings. The van der Waals surface area contributed by atoms with Gasteiger partial charge in [0.1, 0.15) is 0 Å². The van der Waals surface area contributed by atoms with Crippen molar-refractivity contribution in [2.75, 3.05) is 26.8 Å². The molecule has 3 rings (SSSR count). The van der Waals surface area contributed by atoms with Crippen LogP contribution in [0.5, 0.6) is 0 Å². The second-order valence-corrected chi connectivity index (χ2v) is 7.46. The van der Waals surface area contributed by atoms with Crippen molar-refractivity contribution in [3.8, 4) is 0 Å². The largest absolute Gasteiger partial charge is 0.381 e. The molecule has 0 bridgehead atoms. The minimum absolute atomic E-state index is 0.0615. The normalized spacial score (nSPS) is 27.4. The van der Waals surface area contributed by atoms with E-state index in [0.717, 1.165) is 32.4 Å². The summed E-state index contributed by atoms with van der Waals surface area (Å²) in [5.74, 6) is 0.361. The van der Waals surface area contributed by atoms with E-state index in [9.17, 15) is 4.79 Å². The first-order chi connectivity index (χ1) is 11.6. The van der Waals surface area contributed by atoms with Crippen LogP contribution >= 0.6 is 0 Å². The fraction of sp³-hybridized carbons (Fsp3) is 0.650. The first-order valence-electron chi connectivity index (χ1n) is 9.22. The summed E-state index contributed by atoms with van der Waals surface area (Å²) in [5, 5.41) is 0. The van der Waals surface area contributed by atoms with Gasteiger partial charge in [0.05, 0.1) is 18.6 Å². The number of rotatable bonds is 5. The van der Waals surface area contributed by atoms with Gasteiger partial charge in [-0.3, -0.25) is 9.69 Å². The molecule has 2 fully saturated rings. The molecule has 2 aliphatic heterocycles. The van der Waals surface area contributed by atoms with E-state index in [1.165, 1.54) is 5.56 Å². The standard InChI is InChI=1S/C20H30N2O2/c1-15(2)21(3)18-9-11-22(20(23)17-10-12-24-14-17)19(18)13-16-7-5-4-6-8-16/h4-8,15,17-19H,9-14H2,1-3H3/t17?,18-,19+/m1/s1. The van der Waals surface area contributed by atoms with Crippen molar-refractivity contribution < 1.29 is 9.53 Å². The first-order valence-corrected chi connectivity index (χ1v) is 9.22. The third-order valence-electron chi connectivity index (χ3n) is 5.70. The van der Waals surface area contributed by atoms with Crippen LogP contribution < -0.4 is 0 Å². The lowest BCUT2D eigenvalue weighted by Gasteiger charge is -2.36. The monoisotopic (exact) mass is 330 g/mol. The van der Waals surface area contributed by atoms with Crippen LogP contribution in [-0.2, 0) is 16.0 Å². The molecule has 0 saturated carbocycles. The number of hydrogen-bond acceptors (Lipinski definition) is 3. The highest BCUT2D eigenvalue weighted by atomic mass is 16.5. The summed E-state index contributed by atoms with van der Waals surface area (Å²) in [6.07, 6.45) is 2.87. The van der Waals surface area contributed by atoms with Crippen LogP contribution in [0.3, 0.4) is 0 Å². The minimum Gasteiger partial charge on any atom is -0.381 e. The molecule has 132 valence electrons. The fourth-order valence-electron chi connectivity index (χ4n) is 4.03. The molecule has 1 unspecified atom stereocenters. The Balaban J connectivity index is 1.80. The Labute approximate surface area is 145 Å². The van der Waals surface area contributed by atoms with Crippen molar-refractivity contribution in [2.45, 2.75) is 51.2 Å². The van der Waals surface area contributed by atoms with Gasteiger partial charge in [0.25, 0.3) is 0 Å². The summed E-state index contributed by atoms with van der Waals surface area (Å²) in [6, 6.07) is 11.7. The zero-order valence-electron chi connectivity index (χ0n) is 15.1. The third kappa shape index (κ3) is 3.65. The van der Waals surface area contributed by atoms with Crippen molar-refractivity contribution in [2.24, 2.45) is 5.92 Å². The average molecular weight is 330 g/mol. The number of benzene rings is 1. The Bertz CT molecular complexity index is 540. The van der Waals surface area contributed by atoms with Crippen molar-refractivity contribution >= 4 is 5.91 Å². The number of nitrogens with zero attached hydrogens (tertiary/aromatic N) is 2. The molecule has 0 aromatic heterocycles. The first kappa shape index (κ1) is 17.4. The molecule has 0 radical (unpaired) electrons. The lowest BCUT2D eigenvalue weighted by molar-refractivity contribution is -0.136. The van der Waals surface area contributed by atoms with Crippen LogP contribution in [0.25, 0.3) is 0 Å². The lowest BCUT2D eigenvalue weighted by atomic mass is 9.97. The molecule has 3 atom stereocenters. The van der Waals surface area contributed by atoms with E-state index in [-0.39, 0.29) is 12.0 Å². The van der Waals surface area contributed by atoms with Crippen LogP contribution in [0, 0.1) is 5.92 Å². The molecular weight excluding hydrogens is 300 g/mol. The van der Waals surface area contributed by atoms with E-state index < -0.39 is 0 Å². The number of carbonyl (C=O) groups is 1. The molecule has 0 spiro atoms. The number of amides is 1. The second-order valence-electron chi connectivity index (χ2n) is 7.46. The highest BCUT2D eigenvalue weighted by Gasteiger charge is 2.42. The lowest BCUT2D eigenvalue weighted by Crippen LogP contribution is -2.50. The summed E-state index contributed by atoms with van der Waals surface area (Å²) < 4.78 is 5.45. The van der Waals surface area contributed by atoms with Crippen molar-refractivity contribution in [1.29, 1.82) is 0 Å². The zero-order chi connectivity index (χ0) is 17.1. The number of likely N-dealkylation sites (tertiary alicyclic amines) is 1. The maximum atomic E-state index is 13.0. The SMILES string of the molecule is CC(C)N(C)[C@@H]1CCN(C(=O)C2CCOC2)[C@H]1Cc1ccccc1. The number of hydrogen-bond donors (Lipinski definition) is 0. The van der Waals surface area contributed by atoms with Gasteiger partial charge in [-0.1, -0.05) is 30.3 Å². The van der Waals surface area contributed by atoms with E-state index in [2.05, 4.69) is 61.0 Å². The van der Waals surface area contributed by atoms with Gasteiger partial charge < -0.3 is 9.64 Å². The van der Waals surface area contributed by atoms with E-state index in [1.54, 1.807) is 0 Å². The van der Waals surface area contributed by atoms with Gasteiger partial charge in [0.15, 0.2) is 0 Å². The second kappa shape index (κ2) is 7.66. The van der Waals surface area contributed by atoms with Crippen LogP contribution in [0.2, 0.25) is 0 Å². The molecule has 2 saturated heterocycles. The number of ether oxygens (including phenoxy) is 1. The Morgan fingerprint density at radius 3 is 2.67 bits per heavy atom. The Kier molecular flexibility index (Phi) is 5.57. The van der Waals surface area contributed by atoms with Gasteiger partial charge in [-0.2, -0.15) is 0 Å². The summed E-state index contributed by atoms with van der Waals surface area (Å²) in [5.41, 5.74) is 1.31. The van der Waals surface area contributed by atoms with Crippen molar-refractivity contribution in [3.05, 3.63) is 35.9 Å². The van der Waals surface area contributed by atoms with Crippen LogP contribution in [-0.4, -0.2) is 60.6 Å². The van der Waals surface area contributed by atoms with Gasteiger partial charge >= 0.3 is 0 Å². The molecule has 2 heterocycles. The Hall–Kier alpha value is -1.39. The van der Waals surface area contributed by atoms with Crippen molar-refractivity contribution in [3.63, 3.8) is 0 Å². The molecule has 24 heavy (non-hydrogen) atoms. The summed E-state index contributed by atoms with van der Waals surface area (Å²) in [7, 11) is 2.19. The smallest absolute Gasteiger partial charge is 0.228 e. The maximum Gasteiger partial charge on any atom is 0.228 e. The van der Waals surface area contributed by atoms with Gasteiger partial charge in [0, 0.05) is 25.2 Å². The predicted molar refractivity (Wildman–Crippen MR) is 95.9 cm³/mol. The molecule has 0 N–H and O–H groups in total. The molecule has 4 nitrogen and oxygen atoms in total. The van der Waals surface area contributed by atoms with E-state index >= 15 is 0 Å². The van der Waals surface area contributed by atoms with Gasteiger partial charge in [-0.05, 0) is 45.7 Å². The Morgan fingerprint density at radius 1 is 1.29 bits per heavy atom. The highest BCUT2D eigenvalue weighted by molar-refractivity contribution is 5.80. The zero-order valence-corrected chi connectivity index (χ0v) is 15.1.